The lowest BCUT2D eigenvalue weighted by molar-refractivity contribution is -0.138. The first-order valence-electron chi connectivity index (χ1n) is 8.48. The zero-order valence-electron chi connectivity index (χ0n) is 15.6. The zero-order valence-corrected chi connectivity index (χ0v) is 15.6. The van der Waals surface area contributed by atoms with Crippen molar-refractivity contribution in [2.75, 3.05) is 20.8 Å². The molecule has 2 aromatic carbocycles. The third kappa shape index (κ3) is 5.67. The van der Waals surface area contributed by atoms with Gasteiger partial charge in [-0.1, -0.05) is 12.1 Å². The van der Waals surface area contributed by atoms with Gasteiger partial charge in [0.05, 0.1) is 27.1 Å². The SMILES string of the molecule is COc1ccc(CC(=O)N(CCC(=O)O)Cc2ccc(F)c(F)c2)cc1OC. The van der Waals surface area contributed by atoms with Crippen molar-refractivity contribution in [1.82, 2.24) is 4.90 Å². The molecule has 0 saturated heterocycles. The number of methoxy groups -OCH3 is 2. The Kier molecular flexibility index (Phi) is 7.31. The van der Waals surface area contributed by atoms with Gasteiger partial charge in [0.25, 0.3) is 0 Å². The van der Waals surface area contributed by atoms with Crippen LogP contribution in [-0.4, -0.2) is 42.6 Å². The lowest BCUT2D eigenvalue weighted by Gasteiger charge is -2.22. The Hall–Kier alpha value is -3.16. The minimum atomic E-state index is -1.06. The Morgan fingerprint density at radius 3 is 2.25 bits per heavy atom. The molecule has 0 radical (unpaired) electrons. The molecule has 28 heavy (non-hydrogen) atoms. The summed E-state index contributed by atoms with van der Waals surface area (Å²) in [6.45, 7) is -0.0863. The summed E-state index contributed by atoms with van der Waals surface area (Å²) in [6, 6.07) is 8.34. The minimum absolute atomic E-state index is 0.0103. The van der Waals surface area contributed by atoms with Crippen molar-refractivity contribution >= 4 is 11.9 Å². The summed E-state index contributed by atoms with van der Waals surface area (Å²) in [6.07, 6.45) is -0.273. The van der Waals surface area contributed by atoms with Crippen LogP contribution in [0.4, 0.5) is 8.78 Å². The number of carbonyl (C=O) groups is 2. The number of carboxylic acid groups (broad SMARTS) is 1. The molecule has 6 nitrogen and oxygen atoms in total. The number of benzene rings is 2. The molecule has 0 heterocycles. The Morgan fingerprint density at radius 2 is 1.64 bits per heavy atom. The van der Waals surface area contributed by atoms with E-state index in [0.29, 0.717) is 22.6 Å². The van der Waals surface area contributed by atoms with Crippen LogP contribution in [0.3, 0.4) is 0 Å². The minimum Gasteiger partial charge on any atom is -0.493 e. The average Bonchev–Trinajstić information content (AvgIpc) is 2.67. The maximum absolute atomic E-state index is 13.4. The molecule has 0 spiro atoms. The molecule has 0 aliphatic heterocycles. The lowest BCUT2D eigenvalue weighted by atomic mass is 10.1. The second-order valence-electron chi connectivity index (χ2n) is 6.07. The van der Waals surface area contributed by atoms with Crippen LogP contribution in [0.25, 0.3) is 0 Å². The number of hydrogen-bond donors (Lipinski definition) is 1. The van der Waals surface area contributed by atoms with Gasteiger partial charge >= 0.3 is 5.97 Å². The number of rotatable bonds is 9. The molecule has 0 aliphatic carbocycles. The molecule has 0 aromatic heterocycles. The molecular formula is C20H21F2NO5. The summed E-state index contributed by atoms with van der Waals surface area (Å²) in [7, 11) is 2.98. The fraction of sp³-hybridized carbons (Fsp3) is 0.300. The van der Waals surface area contributed by atoms with Gasteiger partial charge in [-0.3, -0.25) is 9.59 Å². The molecular weight excluding hydrogens is 372 g/mol. The molecule has 0 bridgehead atoms. The molecule has 1 amide bonds. The standard InChI is InChI=1S/C20H21F2NO5/c1-27-17-6-4-13(10-18(17)28-2)11-19(24)23(8-7-20(25)26)12-14-3-5-15(21)16(22)9-14/h3-6,9-10H,7-8,11-12H2,1-2H3,(H,25,26). The molecule has 1 N–H and O–H groups in total. The van der Waals surface area contributed by atoms with Gasteiger partial charge in [0, 0.05) is 13.1 Å². The van der Waals surface area contributed by atoms with Crippen molar-refractivity contribution in [2.24, 2.45) is 0 Å². The van der Waals surface area contributed by atoms with E-state index in [1.165, 1.54) is 25.2 Å². The average molecular weight is 393 g/mol. The quantitative estimate of drug-likeness (QED) is 0.709. The molecule has 0 atom stereocenters. The van der Waals surface area contributed by atoms with E-state index in [9.17, 15) is 18.4 Å². The Morgan fingerprint density at radius 1 is 0.964 bits per heavy atom. The molecule has 2 aromatic rings. The van der Waals surface area contributed by atoms with E-state index in [-0.39, 0.29) is 31.8 Å². The van der Waals surface area contributed by atoms with E-state index in [2.05, 4.69) is 0 Å². The Labute approximate surface area is 161 Å². The zero-order chi connectivity index (χ0) is 20.7. The van der Waals surface area contributed by atoms with Crippen LogP contribution in [0.5, 0.6) is 11.5 Å². The third-order valence-corrected chi connectivity index (χ3v) is 4.11. The highest BCUT2D eigenvalue weighted by molar-refractivity contribution is 5.79. The van der Waals surface area contributed by atoms with Gasteiger partial charge < -0.3 is 19.5 Å². The van der Waals surface area contributed by atoms with Gasteiger partial charge in [-0.05, 0) is 35.4 Å². The highest BCUT2D eigenvalue weighted by atomic mass is 19.2. The third-order valence-electron chi connectivity index (χ3n) is 4.11. The summed E-state index contributed by atoms with van der Waals surface area (Å²) < 4.78 is 36.9. The van der Waals surface area contributed by atoms with Crippen molar-refractivity contribution in [3.63, 3.8) is 0 Å². The van der Waals surface area contributed by atoms with E-state index in [0.717, 1.165) is 12.1 Å². The van der Waals surface area contributed by atoms with Gasteiger partial charge in [-0.25, -0.2) is 8.78 Å². The van der Waals surface area contributed by atoms with E-state index < -0.39 is 17.6 Å². The van der Waals surface area contributed by atoms with Gasteiger partial charge in [0.2, 0.25) is 5.91 Å². The van der Waals surface area contributed by atoms with Gasteiger partial charge in [-0.2, -0.15) is 0 Å². The van der Waals surface area contributed by atoms with Crippen molar-refractivity contribution in [3.05, 3.63) is 59.2 Å². The molecule has 0 unspecified atom stereocenters. The van der Waals surface area contributed by atoms with Crippen LogP contribution < -0.4 is 9.47 Å². The largest absolute Gasteiger partial charge is 0.493 e. The summed E-state index contributed by atoms with van der Waals surface area (Å²) >= 11 is 0. The van der Waals surface area contributed by atoms with Crippen molar-refractivity contribution in [2.45, 2.75) is 19.4 Å². The van der Waals surface area contributed by atoms with Crippen LogP contribution in [0.1, 0.15) is 17.5 Å². The number of nitrogens with zero attached hydrogens (tertiary/aromatic N) is 1. The number of amides is 1. The molecule has 8 heteroatoms. The Bertz CT molecular complexity index is 856. The summed E-state index contributed by atoms with van der Waals surface area (Å²) in [5, 5.41) is 8.93. The first-order valence-corrected chi connectivity index (χ1v) is 8.48. The smallest absolute Gasteiger partial charge is 0.305 e. The van der Waals surface area contributed by atoms with Crippen molar-refractivity contribution in [1.29, 1.82) is 0 Å². The predicted molar refractivity (Wildman–Crippen MR) is 97.3 cm³/mol. The van der Waals surface area contributed by atoms with Crippen molar-refractivity contribution in [3.8, 4) is 11.5 Å². The highest BCUT2D eigenvalue weighted by Crippen LogP contribution is 2.28. The van der Waals surface area contributed by atoms with Crippen LogP contribution >= 0.6 is 0 Å². The first-order chi connectivity index (χ1) is 13.3. The molecule has 0 aliphatic rings. The molecule has 0 saturated carbocycles. The van der Waals surface area contributed by atoms with Crippen LogP contribution in [0.2, 0.25) is 0 Å². The van der Waals surface area contributed by atoms with E-state index in [4.69, 9.17) is 14.6 Å². The number of halogens is 2. The molecule has 0 fully saturated rings. The summed E-state index contributed by atoms with van der Waals surface area (Å²) in [5.41, 5.74) is 1.01. The topological polar surface area (TPSA) is 76.1 Å². The van der Waals surface area contributed by atoms with E-state index >= 15 is 0 Å². The fourth-order valence-electron chi connectivity index (χ4n) is 2.66. The monoisotopic (exact) mass is 393 g/mol. The van der Waals surface area contributed by atoms with E-state index in [1.807, 2.05) is 0 Å². The number of carboxylic acids is 1. The highest BCUT2D eigenvalue weighted by Gasteiger charge is 2.18. The maximum atomic E-state index is 13.4. The predicted octanol–water partition coefficient (Wildman–Crippen LogP) is 3.03. The van der Waals surface area contributed by atoms with E-state index in [1.54, 1.807) is 18.2 Å². The maximum Gasteiger partial charge on any atom is 0.305 e. The number of ether oxygens (including phenoxy) is 2. The Balaban J connectivity index is 2.18. The van der Waals surface area contributed by atoms with Gasteiger partial charge in [-0.15, -0.1) is 0 Å². The second kappa shape index (κ2) is 9.68. The second-order valence-corrected chi connectivity index (χ2v) is 6.07. The summed E-state index contributed by atoms with van der Waals surface area (Å²) in [5.74, 6) is -2.44. The summed E-state index contributed by atoms with van der Waals surface area (Å²) in [4.78, 5) is 24.9. The fourth-order valence-corrected chi connectivity index (χ4v) is 2.66. The van der Waals surface area contributed by atoms with Crippen LogP contribution in [-0.2, 0) is 22.6 Å². The first kappa shape index (κ1) is 21.1. The molecule has 150 valence electrons. The number of hydrogen-bond acceptors (Lipinski definition) is 4. The van der Waals surface area contributed by atoms with Crippen molar-refractivity contribution < 1.29 is 33.0 Å². The van der Waals surface area contributed by atoms with Crippen LogP contribution in [0.15, 0.2) is 36.4 Å². The van der Waals surface area contributed by atoms with Gasteiger partial charge in [0.15, 0.2) is 23.1 Å². The normalized spacial score (nSPS) is 10.4. The van der Waals surface area contributed by atoms with Gasteiger partial charge in [0.1, 0.15) is 0 Å². The van der Waals surface area contributed by atoms with Crippen LogP contribution in [0, 0.1) is 11.6 Å². The number of aliphatic carboxylic acids is 1. The lowest BCUT2D eigenvalue weighted by Crippen LogP contribution is -2.33. The molecule has 2 rings (SSSR count). The number of carbonyl (C=O) groups excluding carboxylic acids is 1.